The highest BCUT2D eigenvalue weighted by atomic mass is 16.5. The lowest BCUT2D eigenvalue weighted by atomic mass is 10.1. The summed E-state index contributed by atoms with van der Waals surface area (Å²) in [6.07, 6.45) is 7.26. The highest BCUT2D eigenvalue weighted by Crippen LogP contribution is 2.20. The lowest BCUT2D eigenvalue weighted by Crippen LogP contribution is -2.47. The molecule has 1 aliphatic carbocycles. The van der Waals surface area contributed by atoms with Crippen molar-refractivity contribution in [3.05, 3.63) is 48.0 Å². The summed E-state index contributed by atoms with van der Waals surface area (Å²) in [6.45, 7) is 4.12. The fourth-order valence-electron chi connectivity index (χ4n) is 3.29. The average Bonchev–Trinajstić information content (AvgIpc) is 3.07. The maximum atomic E-state index is 12.0. The zero-order valence-electron chi connectivity index (χ0n) is 13.6. The van der Waals surface area contributed by atoms with Crippen molar-refractivity contribution in [1.29, 1.82) is 0 Å². The number of nitrogens with one attached hydrogen (secondary N) is 1. The maximum absolute atomic E-state index is 12.0. The van der Waals surface area contributed by atoms with Gasteiger partial charge >= 0.3 is 0 Å². The first-order valence-electron chi connectivity index (χ1n) is 8.61. The molecule has 124 valence electrons. The Kier molecular flexibility index (Phi) is 5.83. The molecular formula is C19H26N2O2. The van der Waals surface area contributed by atoms with E-state index in [0.717, 1.165) is 39.1 Å². The molecule has 0 unspecified atom stereocenters. The molecule has 0 radical (unpaired) electrons. The van der Waals surface area contributed by atoms with Gasteiger partial charge in [-0.05, 0) is 24.3 Å². The van der Waals surface area contributed by atoms with E-state index in [9.17, 15) is 4.79 Å². The second-order valence-electron chi connectivity index (χ2n) is 6.49. The minimum Gasteiger partial charge on any atom is -0.374 e. The Balaban J connectivity index is 1.39. The van der Waals surface area contributed by atoms with Crippen molar-refractivity contribution in [2.24, 2.45) is 5.92 Å². The van der Waals surface area contributed by atoms with Crippen LogP contribution < -0.4 is 5.32 Å². The molecule has 1 N–H and O–H groups in total. The van der Waals surface area contributed by atoms with Gasteiger partial charge < -0.3 is 10.1 Å². The standard InChI is InChI=1S/C19H26N2O2/c22-19(12-16-6-4-5-7-16)20-13-18-15-21(10-11-23-18)14-17-8-2-1-3-9-17/h1-4,6,8-9,16,18H,5,7,10-15H2,(H,20,22)/t16-,18-/m1/s1. The first-order chi connectivity index (χ1) is 11.3. The van der Waals surface area contributed by atoms with Crippen molar-refractivity contribution in [3.63, 3.8) is 0 Å². The van der Waals surface area contributed by atoms with Gasteiger partial charge in [0.05, 0.1) is 12.7 Å². The number of hydrogen-bond donors (Lipinski definition) is 1. The number of benzene rings is 1. The molecule has 4 heteroatoms. The van der Waals surface area contributed by atoms with E-state index in [4.69, 9.17) is 4.74 Å². The van der Waals surface area contributed by atoms with Crippen LogP contribution in [0.1, 0.15) is 24.8 Å². The van der Waals surface area contributed by atoms with Crippen molar-refractivity contribution in [1.82, 2.24) is 10.2 Å². The van der Waals surface area contributed by atoms with Crippen LogP contribution in [0.4, 0.5) is 0 Å². The van der Waals surface area contributed by atoms with Crippen LogP contribution in [0.15, 0.2) is 42.5 Å². The first kappa shape index (κ1) is 16.2. The number of allylic oxidation sites excluding steroid dienone is 2. The largest absolute Gasteiger partial charge is 0.374 e. The molecule has 1 aromatic rings. The summed E-state index contributed by atoms with van der Waals surface area (Å²) < 4.78 is 5.80. The maximum Gasteiger partial charge on any atom is 0.220 e. The van der Waals surface area contributed by atoms with Crippen LogP contribution in [0, 0.1) is 5.92 Å². The predicted molar refractivity (Wildman–Crippen MR) is 90.9 cm³/mol. The molecule has 4 nitrogen and oxygen atoms in total. The van der Waals surface area contributed by atoms with E-state index in [2.05, 4.69) is 46.6 Å². The molecule has 1 amide bonds. The quantitative estimate of drug-likeness (QED) is 0.820. The summed E-state index contributed by atoms with van der Waals surface area (Å²) in [7, 11) is 0. The molecular weight excluding hydrogens is 288 g/mol. The van der Waals surface area contributed by atoms with Gasteiger partial charge in [-0.25, -0.2) is 0 Å². The number of morpholine rings is 1. The monoisotopic (exact) mass is 314 g/mol. The van der Waals surface area contributed by atoms with Gasteiger partial charge in [0, 0.05) is 32.6 Å². The number of ether oxygens (including phenoxy) is 1. The first-order valence-corrected chi connectivity index (χ1v) is 8.61. The number of nitrogens with zero attached hydrogens (tertiary/aromatic N) is 1. The minimum atomic E-state index is 0.0931. The topological polar surface area (TPSA) is 41.6 Å². The normalized spacial score (nSPS) is 24.7. The van der Waals surface area contributed by atoms with Crippen LogP contribution in [-0.2, 0) is 16.1 Å². The van der Waals surface area contributed by atoms with Crippen LogP contribution in [0.25, 0.3) is 0 Å². The van der Waals surface area contributed by atoms with Gasteiger partial charge in [-0.3, -0.25) is 9.69 Å². The Labute approximate surface area is 138 Å². The van der Waals surface area contributed by atoms with Gasteiger partial charge in [0.15, 0.2) is 0 Å². The van der Waals surface area contributed by atoms with Gasteiger partial charge in [-0.2, -0.15) is 0 Å². The van der Waals surface area contributed by atoms with Crippen molar-refractivity contribution in [2.45, 2.75) is 31.9 Å². The van der Waals surface area contributed by atoms with Crippen LogP contribution in [0.3, 0.4) is 0 Å². The zero-order valence-corrected chi connectivity index (χ0v) is 13.6. The SMILES string of the molecule is O=C(C[C@@H]1C=CCC1)NC[C@@H]1CN(Cc2ccccc2)CCO1. The Morgan fingerprint density at radius 3 is 2.96 bits per heavy atom. The highest BCUT2D eigenvalue weighted by molar-refractivity contribution is 5.76. The van der Waals surface area contributed by atoms with Crippen LogP contribution >= 0.6 is 0 Å². The zero-order chi connectivity index (χ0) is 15.9. The fraction of sp³-hybridized carbons (Fsp3) is 0.526. The molecule has 1 aliphatic heterocycles. The lowest BCUT2D eigenvalue weighted by molar-refractivity contribution is -0.123. The van der Waals surface area contributed by atoms with E-state index in [1.165, 1.54) is 5.56 Å². The summed E-state index contributed by atoms with van der Waals surface area (Å²) in [5.74, 6) is 0.571. The van der Waals surface area contributed by atoms with Crippen molar-refractivity contribution in [2.75, 3.05) is 26.2 Å². The minimum absolute atomic E-state index is 0.0931. The van der Waals surface area contributed by atoms with Crippen LogP contribution in [0.2, 0.25) is 0 Å². The number of amides is 1. The summed E-state index contributed by atoms with van der Waals surface area (Å²) in [4.78, 5) is 14.4. The molecule has 23 heavy (non-hydrogen) atoms. The summed E-state index contributed by atoms with van der Waals surface area (Å²) in [6, 6.07) is 10.5. The van der Waals surface area contributed by atoms with Gasteiger partial charge in [0.1, 0.15) is 0 Å². The molecule has 0 spiro atoms. The van der Waals surface area contributed by atoms with Gasteiger partial charge in [0.2, 0.25) is 5.91 Å². The highest BCUT2D eigenvalue weighted by Gasteiger charge is 2.21. The van der Waals surface area contributed by atoms with Gasteiger partial charge in [-0.15, -0.1) is 0 Å². The molecule has 2 aliphatic rings. The third-order valence-electron chi connectivity index (χ3n) is 4.56. The van der Waals surface area contributed by atoms with Crippen molar-refractivity contribution >= 4 is 5.91 Å². The van der Waals surface area contributed by atoms with Gasteiger partial charge in [-0.1, -0.05) is 42.5 Å². The van der Waals surface area contributed by atoms with E-state index >= 15 is 0 Å². The Bertz CT molecular complexity index is 529. The number of rotatable bonds is 6. The molecule has 2 atom stereocenters. The lowest BCUT2D eigenvalue weighted by Gasteiger charge is -2.33. The molecule has 1 aromatic carbocycles. The third-order valence-corrected chi connectivity index (χ3v) is 4.56. The number of carbonyl (C=O) groups excluding carboxylic acids is 1. The number of carbonyl (C=O) groups is 1. The summed E-state index contributed by atoms with van der Waals surface area (Å²) in [5, 5.41) is 3.04. The summed E-state index contributed by atoms with van der Waals surface area (Å²) in [5.41, 5.74) is 1.32. The molecule has 1 heterocycles. The van der Waals surface area contributed by atoms with Crippen LogP contribution in [-0.4, -0.2) is 43.2 Å². The third kappa shape index (κ3) is 5.19. The Morgan fingerprint density at radius 1 is 1.30 bits per heavy atom. The number of hydrogen-bond acceptors (Lipinski definition) is 3. The molecule has 1 saturated heterocycles. The van der Waals surface area contributed by atoms with E-state index in [0.29, 0.717) is 18.9 Å². The van der Waals surface area contributed by atoms with Crippen molar-refractivity contribution < 1.29 is 9.53 Å². The Morgan fingerprint density at radius 2 is 2.17 bits per heavy atom. The second kappa shape index (κ2) is 8.27. The second-order valence-corrected chi connectivity index (χ2v) is 6.49. The van der Waals surface area contributed by atoms with Crippen LogP contribution in [0.5, 0.6) is 0 Å². The molecule has 0 saturated carbocycles. The van der Waals surface area contributed by atoms with Gasteiger partial charge in [0.25, 0.3) is 0 Å². The summed E-state index contributed by atoms with van der Waals surface area (Å²) >= 11 is 0. The average molecular weight is 314 g/mol. The predicted octanol–water partition coefficient (Wildman–Crippen LogP) is 2.36. The molecule has 1 fully saturated rings. The van der Waals surface area contributed by atoms with E-state index < -0.39 is 0 Å². The smallest absolute Gasteiger partial charge is 0.220 e. The fourth-order valence-corrected chi connectivity index (χ4v) is 3.29. The molecule has 3 rings (SSSR count). The molecule has 0 bridgehead atoms. The van der Waals surface area contributed by atoms with E-state index in [1.807, 2.05) is 6.07 Å². The van der Waals surface area contributed by atoms with E-state index in [-0.39, 0.29) is 12.0 Å². The Hall–Kier alpha value is -1.65. The van der Waals surface area contributed by atoms with Crippen molar-refractivity contribution in [3.8, 4) is 0 Å². The molecule has 0 aromatic heterocycles. The van der Waals surface area contributed by atoms with E-state index in [1.54, 1.807) is 0 Å².